The van der Waals surface area contributed by atoms with Gasteiger partial charge in [-0.05, 0) is 44.0 Å². The van der Waals surface area contributed by atoms with Crippen LogP contribution in [0.5, 0.6) is 0 Å². The summed E-state index contributed by atoms with van der Waals surface area (Å²) in [5, 5.41) is 0. The Morgan fingerprint density at radius 3 is 2.87 bits per heavy atom. The molecular weight excluding hydrogens is 188 g/mol. The van der Waals surface area contributed by atoms with E-state index < -0.39 is 0 Å². The highest BCUT2D eigenvalue weighted by Crippen LogP contribution is 2.22. The number of rotatable bonds is 3. The van der Waals surface area contributed by atoms with Crippen LogP contribution in [0.4, 0.5) is 0 Å². The zero-order chi connectivity index (χ0) is 10.8. The zero-order valence-corrected chi connectivity index (χ0v) is 9.21. The van der Waals surface area contributed by atoms with Gasteiger partial charge in [0.1, 0.15) is 5.52 Å². The molecule has 0 saturated carbocycles. The molecule has 1 heterocycles. The molecule has 3 nitrogen and oxygen atoms in total. The van der Waals surface area contributed by atoms with Gasteiger partial charge in [-0.3, -0.25) is 0 Å². The molecule has 1 aromatic heterocycles. The molecule has 0 aliphatic carbocycles. The van der Waals surface area contributed by atoms with Crippen LogP contribution in [0.2, 0.25) is 0 Å². The van der Waals surface area contributed by atoms with Crippen molar-refractivity contribution in [2.24, 2.45) is 5.73 Å². The Kier molecular flexibility index (Phi) is 2.73. The molecule has 0 saturated heterocycles. The first-order chi connectivity index (χ1) is 7.22. The zero-order valence-electron chi connectivity index (χ0n) is 9.21. The third-order valence-electron chi connectivity index (χ3n) is 2.72. The van der Waals surface area contributed by atoms with Crippen LogP contribution in [0.25, 0.3) is 11.1 Å². The van der Waals surface area contributed by atoms with Crippen LogP contribution in [0.1, 0.15) is 23.4 Å². The summed E-state index contributed by atoms with van der Waals surface area (Å²) in [5.74, 6) is 0.796. The van der Waals surface area contributed by atoms with E-state index in [1.54, 1.807) is 0 Å². The van der Waals surface area contributed by atoms with E-state index in [0.29, 0.717) is 6.54 Å². The fraction of sp³-hybridized carbons (Fsp3) is 0.417. The molecule has 0 aliphatic heterocycles. The summed E-state index contributed by atoms with van der Waals surface area (Å²) in [7, 11) is 0. The monoisotopic (exact) mass is 204 g/mol. The van der Waals surface area contributed by atoms with Crippen LogP contribution in [0, 0.1) is 13.8 Å². The van der Waals surface area contributed by atoms with Crippen LogP contribution < -0.4 is 5.73 Å². The van der Waals surface area contributed by atoms with Crippen LogP contribution in [-0.2, 0) is 6.42 Å². The number of aromatic nitrogens is 1. The second-order valence-corrected chi connectivity index (χ2v) is 3.86. The second kappa shape index (κ2) is 4.03. The first-order valence-electron chi connectivity index (χ1n) is 5.28. The van der Waals surface area contributed by atoms with E-state index in [2.05, 4.69) is 24.9 Å². The van der Waals surface area contributed by atoms with Gasteiger partial charge in [-0.2, -0.15) is 0 Å². The molecule has 2 N–H and O–H groups in total. The van der Waals surface area contributed by atoms with Gasteiger partial charge in [-0.15, -0.1) is 0 Å². The number of hydrogen-bond acceptors (Lipinski definition) is 3. The maximum Gasteiger partial charge on any atom is 0.195 e. The van der Waals surface area contributed by atoms with Crippen molar-refractivity contribution in [2.45, 2.75) is 26.7 Å². The minimum atomic E-state index is 0.677. The number of aryl methyl sites for hydroxylation is 3. The van der Waals surface area contributed by atoms with Gasteiger partial charge in [0.2, 0.25) is 0 Å². The number of fused-ring (bicyclic) bond motifs is 1. The summed E-state index contributed by atoms with van der Waals surface area (Å²) in [6.45, 7) is 4.82. The number of benzene rings is 1. The molecule has 0 amide bonds. The summed E-state index contributed by atoms with van der Waals surface area (Å²) in [4.78, 5) is 4.43. The summed E-state index contributed by atoms with van der Waals surface area (Å²) < 4.78 is 5.72. The Labute approximate surface area is 89.3 Å². The lowest BCUT2D eigenvalue weighted by atomic mass is 10.1. The van der Waals surface area contributed by atoms with Crippen molar-refractivity contribution in [1.29, 1.82) is 0 Å². The molecule has 0 atom stereocenters. The summed E-state index contributed by atoms with van der Waals surface area (Å²) in [6, 6.07) is 4.08. The summed E-state index contributed by atoms with van der Waals surface area (Å²) >= 11 is 0. The number of hydrogen-bond donors (Lipinski definition) is 1. The maximum absolute atomic E-state index is 5.72. The molecule has 2 rings (SSSR count). The summed E-state index contributed by atoms with van der Waals surface area (Å²) in [6.07, 6.45) is 1.74. The third-order valence-corrected chi connectivity index (χ3v) is 2.72. The minimum absolute atomic E-state index is 0.677. The average Bonchev–Trinajstić information content (AvgIpc) is 2.64. The van der Waals surface area contributed by atoms with E-state index in [-0.39, 0.29) is 0 Å². The maximum atomic E-state index is 5.72. The van der Waals surface area contributed by atoms with Gasteiger partial charge in [0.15, 0.2) is 11.5 Å². The van der Waals surface area contributed by atoms with Crippen LogP contribution >= 0.6 is 0 Å². The van der Waals surface area contributed by atoms with Gasteiger partial charge >= 0.3 is 0 Å². The van der Waals surface area contributed by atoms with Crippen molar-refractivity contribution in [3.05, 3.63) is 29.2 Å². The minimum Gasteiger partial charge on any atom is -0.440 e. The molecular formula is C12H16N2O. The Balaban J connectivity index is 2.42. The van der Waals surface area contributed by atoms with Crippen molar-refractivity contribution in [3.63, 3.8) is 0 Å². The molecule has 2 aromatic rings. The van der Waals surface area contributed by atoms with E-state index in [0.717, 1.165) is 29.8 Å². The largest absolute Gasteiger partial charge is 0.440 e. The van der Waals surface area contributed by atoms with Crippen molar-refractivity contribution in [3.8, 4) is 0 Å². The lowest BCUT2D eigenvalue weighted by molar-refractivity contribution is 0.519. The highest BCUT2D eigenvalue weighted by molar-refractivity contribution is 5.77. The Morgan fingerprint density at radius 1 is 1.33 bits per heavy atom. The third kappa shape index (κ3) is 1.88. The van der Waals surface area contributed by atoms with Gasteiger partial charge in [-0.25, -0.2) is 4.98 Å². The molecule has 0 spiro atoms. The highest BCUT2D eigenvalue weighted by atomic mass is 16.3. The van der Waals surface area contributed by atoms with Gasteiger partial charge in [-0.1, -0.05) is 6.07 Å². The first kappa shape index (κ1) is 10.2. The second-order valence-electron chi connectivity index (χ2n) is 3.86. The smallest absolute Gasteiger partial charge is 0.195 e. The normalized spacial score (nSPS) is 11.1. The molecule has 0 radical (unpaired) electrons. The van der Waals surface area contributed by atoms with E-state index >= 15 is 0 Å². The highest BCUT2D eigenvalue weighted by Gasteiger charge is 2.08. The van der Waals surface area contributed by atoms with Crippen molar-refractivity contribution in [1.82, 2.24) is 4.98 Å². The fourth-order valence-electron chi connectivity index (χ4n) is 1.63. The number of nitrogens with two attached hydrogens (primary N) is 1. The fourth-order valence-corrected chi connectivity index (χ4v) is 1.63. The molecule has 0 unspecified atom stereocenters. The van der Waals surface area contributed by atoms with Crippen molar-refractivity contribution in [2.75, 3.05) is 6.54 Å². The molecule has 80 valence electrons. The Morgan fingerprint density at radius 2 is 2.13 bits per heavy atom. The van der Waals surface area contributed by atoms with E-state index in [1.165, 1.54) is 11.1 Å². The molecule has 0 aliphatic rings. The van der Waals surface area contributed by atoms with Crippen LogP contribution in [0.3, 0.4) is 0 Å². The lowest BCUT2D eigenvalue weighted by Gasteiger charge is -1.97. The van der Waals surface area contributed by atoms with E-state index in [4.69, 9.17) is 10.2 Å². The standard InChI is InChI=1S/C12H16N2O/c1-8-5-6-10-12(9(8)2)15-11(14-10)4-3-7-13/h5-6H,3-4,7,13H2,1-2H3. The number of nitrogens with zero attached hydrogens (tertiary/aromatic N) is 1. The van der Waals surface area contributed by atoms with Crippen molar-refractivity contribution < 1.29 is 4.42 Å². The van der Waals surface area contributed by atoms with E-state index in [1.807, 2.05) is 6.07 Å². The van der Waals surface area contributed by atoms with Crippen LogP contribution in [0.15, 0.2) is 16.5 Å². The predicted molar refractivity (Wildman–Crippen MR) is 60.9 cm³/mol. The quantitative estimate of drug-likeness (QED) is 0.834. The number of oxazole rings is 1. The lowest BCUT2D eigenvalue weighted by Crippen LogP contribution is -2.00. The van der Waals surface area contributed by atoms with Gasteiger partial charge in [0.05, 0.1) is 0 Å². The predicted octanol–water partition coefficient (Wildman–Crippen LogP) is 2.34. The first-order valence-corrected chi connectivity index (χ1v) is 5.28. The molecule has 0 fully saturated rings. The molecule has 3 heteroatoms. The van der Waals surface area contributed by atoms with E-state index in [9.17, 15) is 0 Å². The van der Waals surface area contributed by atoms with Gasteiger partial charge in [0.25, 0.3) is 0 Å². The molecule has 0 bridgehead atoms. The SMILES string of the molecule is Cc1ccc2nc(CCCN)oc2c1C. The molecule has 15 heavy (non-hydrogen) atoms. The van der Waals surface area contributed by atoms with Crippen LogP contribution in [-0.4, -0.2) is 11.5 Å². The summed E-state index contributed by atoms with van der Waals surface area (Å²) in [5.41, 5.74) is 9.74. The van der Waals surface area contributed by atoms with Crippen molar-refractivity contribution >= 4 is 11.1 Å². The Bertz CT molecular complexity index is 474. The van der Waals surface area contributed by atoms with Gasteiger partial charge < -0.3 is 10.2 Å². The Hall–Kier alpha value is -1.35. The average molecular weight is 204 g/mol. The van der Waals surface area contributed by atoms with Gasteiger partial charge in [0, 0.05) is 6.42 Å². The molecule has 1 aromatic carbocycles. The topological polar surface area (TPSA) is 52.0 Å².